The van der Waals surface area contributed by atoms with Gasteiger partial charge < -0.3 is 4.90 Å². The maximum absolute atomic E-state index is 13.3. The van der Waals surface area contributed by atoms with E-state index in [2.05, 4.69) is 15.1 Å². The van der Waals surface area contributed by atoms with Gasteiger partial charge in [0, 0.05) is 29.1 Å². The Morgan fingerprint density at radius 2 is 1.92 bits per heavy atom. The Balaban J connectivity index is 2.00. The highest BCUT2D eigenvalue weighted by Crippen LogP contribution is 2.34. The Morgan fingerprint density at radius 1 is 1.19 bits per heavy atom. The minimum absolute atomic E-state index is 0.0793. The minimum Gasteiger partial charge on any atom is -0.328 e. The zero-order chi connectivity index (χ0) is 26.7. The van der Waals surface area contributed by atoms with Crippen LogP contribution in [0.4, 0.5) is 26.3 Å². The Kier molecular flexibility index (Phi) is 8.15. The zero-order valence-corrected chi connectivity index (χ0v) is 19.8. The maximum atomic E-state index is 13.3. The van der Waals surface area contributed by atoms with E-state index in [-0.39, 0.29) is 34.0 Å². The molecule has 190 valence electrons. The van der Waals surface area contributed by atoms with Crippen molar-refractivity contribution in [3.8, 4) is 11.9 Å². The highest BCUT2D eigenvalue weighted by atomic mass is 35.5. The van der Waals surface area contributed by atoms with Gasteiger partial charge in [0.25, 0.3) is 5.91 Å². The SMILES string of the molecule is CC(c1ncnn1-c1ccc(C#N)cn1)N(CCSC(F)(F)F)C(=O)c1cc(Cl)cc(C(F)(F)F)c1. The summed E-state index contributed by atoms with van der Waals surface area (Å²) in [7, 11) is 0. The predicted octanol–water partition coefficient (Wildman–Crippen LogP) is 5.66. The first kappa shape index (κ1) is 27.3. The average molecular weight is 549 g/mol. The van der Waals surface area contributed by atoms with Crippen molar-refractivity contribution < 1.29 is 31.1 Å². The van der Waals surface area contributed by atoms with E-state index in [9.17, 15) is 31.1 Å². The topological polar surface area (TPSA) is 87.7 Å². The van der Waals surface area contributed by atoms with Crippen molar-refractivity contribution in [1.29, 1.82) is 5.26 Å². The molecule has 0 aliphatic heterocycles. The van der Waals surface area contributed by atoms with Crippen molar-refractivity contribution in [1.82, 2.24) is 24.6 Å². The molecular formula is C21H15ClF6N6OS. The van der Waals surface area contributed by atoms with Gasteiger partial charge in [-0.15, -0.1) is 0 Å². The lowest BCUT2D eigenvalue weighted by molar-refractivity contribution is -0.137. The molecular weight excluding hydrogens is 534 g/mol. The first-order chi connectivity index (χ1) is 16.8. The van der Waals surface area contributed by atoms with Crippen LogP contribution in [-0.2, 0) is 6.18 Å². The molecule has 0 fully saturated rings. The second-order valence-corrected chi connectivity index (χ2v) is 8.84. The molecule has 2 aromatic heterocycles. The van der Waals surface area contributed by atoms with Crippen LogP contribution < -0.4 is 0 Å². The van der Waals surface area contributed by atoms with Gasteiger partial charge in [0.1, 0.15) is 12.4 Å². The van der Waals surface area contributed by atoms with Crippen molar-refractivity contribution in [2.75, 3.05) is 12.3 Å². The van der Waals surface area contributed by atoms with E-state index < -0.39 is 47.1 Å². The number of hydrogen-bond acceptors (Lipinski definition) is 6. The quantitative estimate of drug-likeness (QED) is 0.354. The number of hydrogen-bond donors (Lipinski definition) is 0. The monoisotopic (exact) mass is 548 g/mol. The summed E-state index contributed by atoms with van der Waals surface area (Å²) in [5.74, 6) is -1.29. The molecule has 15 heteroatoms. The Hall–Kier alpha value is -3.31. The Labute approximate surface area is 209 Å². The number of carbonyl (C=O) groups is 1. The first-order valence-electron chi connectivity index (χ1n) is 9.96. The van der Waals surface area contributed by atoms with E-state index in [0.717, 1.165) is 17.3 Å². The highest BCUT2D eigenvalue weighted by molar-refractivity contribution is 8.00. The molecule has 3 aromatic rings. The number of aromatic nitrogens is 4. The number of nitriles is 1. The number of nitrogens with zero attached hydrogens (tertiary/aromatic N) is 6. The lowest BCUT2D eigenvalue weighted by Gasteiger charge is -2.29. The van der Waals surface area contributed by atoms with E-state index in [4.69, 9.17) is 16.9 Å². The van der Waals surface area contributed by atoms with Gasteiger partial charge in [-0.25, -0.2) is 9.97 Å². The summed E-state index contributed by atoms with van der Waals surface area (Å²) in [6, 6.07) is 5.97. The summed E-state index contributed by atoms with van der Waals surface area (Å²) in [4.78, 5) is 22.4. The molecule has 2 heterocycles. The van der Waals surface area contributed by atoms with E-state index in [1.165, 1.54) is 29.9 Å². The van der Waals surface area contributed by atoms with Crippen LogP contribution in [0.15, 0.2) is 42.9 Å². The van der Waals surface area contributed by atoms with Crippen LogP contribution in [0.25, 0.3) is 5.82 Å². The summed E-state index contributed by atoms with van der Waals surface area (Å²) in [6.07, 6.45) is -2.41. The van der Waals surface area contributed by atoms with Crippen LogP contribution in [0.1, 0.15) is 40.3 Å². The Bertz CT molecular complexity index is 1270. The molecule has 0 radical (unpaired) electrons. The fraction of sp³-hybridized carbons (Fsp3) is 0.286. The van der Waals surface area contributed by atoms with Gasteiger partial charge in [-0.1, -0.05) is 11.6 Å². The number of halogens is 7. The van der Waals surface area contributed by atoms with Gasteiger partial charge in [0.2, 0.25) is 0 Å². The molecule has 1 amide bonds. The molecule has 7 nitrogen and oxygen atoms in total. The lowest BCUT2D eigenvalue weighted by atomic mass is 10.1. The summed E-state index contributed by atoms with van der Waals surface area (Å²) < 4.78 is 79.2. The standard InChI is InChI=1S/C21H15ClF6N6OS/c1-12(18-31-11-32-34(18)17-3-2-13(9-29)10-30-17)33(4-5-36-21(26,27)28)19(35)14-6-15(20(23,24)25)8-16(22)7-14/h2-3,6-8,10-12H,4-5H2,1H3. The number of carbonyl (C=O) groups excluding carboxylic acids is 1. The van der Waals surface area contributed by atoms with Crippen LogP contribution in [0.3, 0.4) is 0 Å². The number of benzene rings is 1. The van der Waals surface area contributed by atoms with E-state index in [1.54, 1.807) is 0 Å². The predicted molar refractivity (Wildman–Crippen MR) is 118 cm³/mol. The number of rotatable bonds is 7. The average Bonchev–Trinajstić information content (AvgIpc) is 3.29. The molecule has 0 saturated carbocycles. The van der Waals surface area contributed by atoms with E-state index in [1.807, 2.05) is 6.07 Å². The zero-order valence-electron chi connectivity index (χ0n) is 18.2. The van der Waals surface area contributed by atoms with Crippen molar-refractivity contribution in [2.24, 2.45) is 0 Å². The molecule has 1 unspecified atom stereocenters. The lowest BCUT2D eigenvalue weighted by Crippen LogP contribution is -2.37. The largest absolute Gasteiger partial charge is 0.441 e. The Morgan fingerprint density at radius 3 is 2.50 bits per heavy atom. The number of amides is 1. The van der Waals surface area contributed by atoms with Gasteiger partial charge in [-0.2, -0.15) is 41.4 Å². The second kappa shape index (κ2) is 10.8. The highest BCUT2D eigenvalue weighted by Gasteiger charge is 2.34. The van der Waals surface area contributed by atoms with Crippen LogP contribution >= 0.6 is 23.4 Å². The van der Waals surface area contributed by atoms with Crippen LogP contribution in [0, 0.1) is 11.3 Å². The summed E-state index contributed by atoms with van der Waals surface area (Å²) in [6.45, 7) is 0.960. The fourth-order valence-electron chi connectivity index (χ4n) is 3.20. The molecule has 0 aliphatic carbocycles. The molecule has 0 bridgehead atoms. The smallest absolute Gasteiger partial charge is 0.328 e. The summed E-state index contributed by atoms with van der Waals surface area (Å²) in [5.41, 5.74) is -5.96. The van der Waals surface area contributed by atoms with Gasteiger partial charge in [-0.3, -0.25) is 4.79 Å². The second-order valence-electron chi connectivity index (χ2n) is 7.24. The molecule has 0 saturated heterocycles. The number of pyridine rings is 1. The molecule has 1 aromatic carbocycles. The van der Waals surface area contributed by atoms with Crippen molar-refractivity contribution in [3.05, 3.63) is 70.4 Å². The molecule has 0 N–H and O–H groups in total. The van der Waals surface area contributed by atoms with Crippen LogP contribution in [0.5, 0.6) is 0 Å². The molecule has 1 atom stereocenters. The number of thioether (sulfide) groups is 1. The van der Waals surface area contributed by atoms with Gasteiger partial charge in [-0.05, 0) is 49.0 Å². The normalized spacial score (nSPS) is 12.8. The van der Waals surface area contributed by atoms with E-state index >= 15 is 0 Å². The summed E-state index contributed by atoms with van der Waals surface area (Å²) >= 11 is 5.42. The molecule has 0 spiro atoms. The molecule has 36 heavy (non-hydrogen) atoms. The third kappa shape index (κ3) is 6.67. The van der Waals surface area contributed by atoms with Crippen molar-refractivity contribution in [2.45, 2.75) is 24.7 Å². The third-order valence-electron chi connectivity index (χ3n) is 4.84. The fourth-order valence-corrected chi connectivity index (χ4v) is 3.96. The van der Waals surface area contributed by atoms with Crippen molar-refractivity contribution >= 4 is 29.3 Å². The van der Waals surface area contributed by atoms with Crippen LogP contribution in [-0.4, -0.2) is 48.4 Å². The van der Waals surface area contributed by atoms with E-state index in [0.29, 0.717) is 12.1 Å². The minimum atomic E-state index is -4.80. The van der Waals surface area contributed by atoms with Gasteiger partial charge in [0.15, 0.2) is 11.6 Å². The third-order valence-corrected chi connectivity index (χ3v) is 5.77. The number of alkyl halides is 6. The maximum Gasteiger partial charge on any atom is 0.441 e. The van der Waals surface area contributed by atoms with Crippen LogP contribution in [0.2, 0.25) is 5.02 Å². The molecule has 3 rings (SSSR count). The molecule has 0 aliphatic rings. The van der Waals surface area contributed by atoms with Gasteiger partial charge >= 0.3 is 11.7 Å². The van der Waals surface area contributed by atoms with Crippen molar-refractivity contribution in [3.63, 3.8) is 0 Å². The first-order valence-corrected chi connectivity index (χ1v) is 11.3. The van der Waals surface area contributed by atoms with Gasteiger partial charge in [0.05, 0.1) is 17.2 Å². The summed E-state index contributed by atoms with van der Waals surface area (Å²) in [5, 5.41) is 12.6.